The Morgan fingerprint density at radius 1 is 1.12 bits per heavy atom. The van der Waals surface area contributed by atoms with E-state index in [1.54, 1.807) is 37.3 Å². The number of urea groups is 1. The second kappa shape index (κ2) is 9.27. The van der Waals surface area contributed by atoms with Gasteiger partial charge in [-0.1, -0.05) is 18.2 Å². The quantitative estimate of drug-likeness (QED) is 0.596. The van der Waals surface area contributed by atoms with Crippen molar-refractivity contribution in [2.75, 3.05) is 25.1 Å². The molecule has 2 amide bonds. The van der Waals surface area contributed by atoms with Crippen molar-refractivity contribution >= 4 is 17.7 Å². The molecule has 0 aliphatic carbocycles. The molecule has 0 saturated heterocycles. The topological polar surface area (TPSA) is 76.7 Å². The average Bonchev–Trinajstić information content (AvgIpc) is 2.59. The summed E-state index contributed by atoms with van der Waals surface area (Å²) in [6, 6.07) is 11.8. The van der Waals surface area contributed by atoms with Crippen molar-refractivity contribution in [2.45, 2.75) is 6.92 Å². The van der Waals surface area contributed by atoms with Gasteiger partial charge in [0, 0.05) is 6.07 Å². The first-order valence-electron chi connectivity index (χ1n) is 7.79. The molecule has 0 aromatic heterocycles. The molecule has 2 rings (SSSR count). The lowest BCUT2D eigenvalue weighted by Gasteiger charge is -2.11. The Morgan fingerprint density at radius 2 is 1.92 bits per heavy atom. The van der Waals surface area contributed by atoms with Gasteiger partial charge in [-0.05, 0) is 31.2 Å². The molecule has 0 spiro atoms. The van der Waals surface area contributed by atoms with Gasteiger partial charge in [-0.2, -0.15) is 0 Å². The zero-order valence-electron chi connectivity index (χ0n) is 13.8. The van der Waals surface area contributed by atoms with Crippen LogP contribution in [0.3, 0.4) is 0 Å². The van der Waals surface area contributed by atoms with E-state index in [4.69, 9.17) is 9.47 Å². The van der Waals surface area contributed by atoms with Crippen LogP contribution in [-0.4, -0.2) is 31.8 Å². The largest absolute Gasteiger partial charge is 0.492 e. The third-order valence-corrected chi connectivity index (χ3v) is 3.12. The van der Waals surface area contributed by atoms with E-state index in [1.165, 1.54) is 18.2 Å². The van der Waals surface area contributed by atoms with Crippen molar-refractivity contribution in [3.05, 3.63) is 59.9 Å². The molecule has 0 aliphatic heterocycles. The number of carbonyl (C=O) groups excluding carboxylic acids is 2. The molecule has 0 saturated carbocycles. The first kappa shape index (κ1) is 18.3. The molecule has 2 aromatic carbocycles. The predicted molar refractivity (Wildman–Crippen MR) is 91.3 cm³/mol. The van der Waals surface area contributed by atoms with Crippen LogP contribution in [-0.2, 0) is 4.74 Å². The predicted octanol–water partition coefficient (Wildman–Crippen LogP) is 3.20. The number of rotatable bonds is 7. The lowest BCUT2D eigenvalue weighted by molar-refractivity contribution is 0.0527. The molecule has 132 valence electrons. The maximum Gasteiger partial charge on any atom is 0.340 e. The van der Waals surface area contributed by atoms with Crippen LogP contribution in [0.1, 0.15) is 17.3 Å². The number of hydrogen-bond donors (Lipinski definition) is 2. The number of halogens is 1. The standard InChI is InChI=1S/C18H19FN2O4/c1-2-24-17(22)15-8-3-4-9-16(15)21-18(23)20-10-11-25-14-7-5-6-13(19)12-14/h3-9,12H,2,10-11H2,1H3,(H2,20,21,23). The molecule has 0 radical (unpaired) electrons. The first-order valence-corrected chi connectivity index (χ1v) is 7.79. The highest BCUT2D eigenvalue weighted by Crippen LogP contribution is 2.16. The van der Waals surface area contributed by atoms with E-state index in [1.807, 2.05) is 0 Å². The van der Waals surface area contributed by atoms with E-state index in [0.717, 1.165) is 0 Å². The third-order valence-electron chi connectivity index (χ3n) is 3.12. The molecule has 0 fully saturated rings. The number of benzene rings is 2. The fourth-order valence-corrected chi connectivity index (χ4v) is 2.04. The van der Waals surface area contributed by atoms with Crippen LogP contribution >= 0.6 is 0 Å². The monoisotopic (exact) mass is 346 g/mol. The van der Waals surface area contributed by atoms with Crippen LogP contribution in [0.5, 0.6) is 5.75 Å². The molecule has 0 bridgehead atoms. The summed E-state index contributed by atoms with van der Waals surface area (Å²) in [6.07, 6.45) is 0. The van der Waals surface area contributed by atoms with Gasteiger partial charge in [0.2, 0.25) is 0 Å². The van der Waals surface area contributed by atoms with Crippen molar-refractivity contribution in [3.63, 3.8) is 0 Å². The number of nitrogens with one attached hydrogen (secondary N) is 2. The van der Waals surface area contributed by atoms with Crippen molar-refractivity contribution in [3.8, 4) is 5.75 Å². The molecular weight excluding hydrogens is 327 g/mol. The Kier molecular flexibility index (Phi) is 6.76. The fourth-order valence-electron chi connectivity index (χ4n) is 2.04. The zero-order chi connectivity index (χ0) is 18.1. The van der Waals surface area contributed by atoms with E-state index in [0.29, 0.717) is 11.4 Å². The summed E-state index contributed by atoms with van der Waals surface area (Å²) < 4.78 is 23.3. The number of ether oxygens (including phenoxy) is 2. The minimum absolute atomic E-state index is 0.177. The third kappa shape index (κ3) is 5.80. The van der Waals surface area contributed by atoms with E-state index >= 15 is 0 Å². The second-order valence-corrected chi connectivity index (χ2v) is 4.95. The van der Waals surface area contributed by atoms with Crippen molar-refractivity contribution < 1.29 is 23.5 Å². The molecule has 2 N–H and O–H groups in total. The Labute approximate surface area is 144 Å². The highest BCUT2D eigenvalue weighted by molar-refractivity contribution is 6.00. The maximum atomic E-state index is 13.0. The molecule has 0 aliphatic rings. The minimum atomic E-state index is -0.507. The number of amides is 2. The molecule has 6 nitrogen and oxygen atoms in total. The van der Waals surface area contributed by atoms with Gasteiger partial charge in [-0.25, -0.2) is 14.0 Å². The maximum absolute atomic E-state index is 13.0. The first-order chi connectivity index (χ1) is 12.1. The van der Waals surface area contributed by atoms with Crippen molar-refractivity contribution in [1.29, 1.82) is 0 Å². The summed E-state index contributed by atoms with van der Waals surface area (Å²) in [5.41, 5.74) is 0.625. The SMILES string of the molecule is CCOC(=O)c1ccccc1NC(=O)NCCOc1cccc(F)c1. The van der Waals surface area contributed by atoms with E-state index in [-0.39, 0.29) is 25.3 Å². The van der Waals surface area contributed by atoms with Gasteiger partial charge in [0.05, 0.1) is 24.4 Å². The van der Waals surface area contributed by atoms with Crippen LogP contribution < -0.4 is 15.4 Å². The Balaban J connectivity index is 1.81. The average molecular weight is 346 g/mol. The number of anilines is 1. The van der Waals surface area contributed by atoms with Gasteiger partial charge in [0.15, 0.2) is 0 Å². The number of hydrogen-bond acceptors (Lipinski definition) is 4. The summed E-state index contributed by atoms with van der Waals surface area (Å²) in [7, 11) is 0. The smallest absolute Gasteiger partial charge is 0.340 e. The van der Waals surface area contributed by atoms with Gasteiger partial charge in [0.1, 0.15) is 18.2 Å². The zero-order valence-corrected chi connectivity index (χ0v) is 13.8. The van der Waals surface area contributed by atoms with Gasteiger partial charge in [-0.3, -0.25) is 0 Å². The molecular formula is C18H19FN2O4. The van der Waals surface area contributed by atoms with Crippen LogP contribution in [0.25, 0.3) is 0 Å². The van der Waals surface area contributed by atoms with Crippen LogP contribution in [0.15, 0.2) is 48.5 Å². The molecule has 2 aromatic rings. The van der Waals surface area contributed by atoms with Gasteiger partial charge in [-0.15, -0.1) is 0 Å². The summed E-state index contributed by atoms with van der Waals surface area (Å²) in [5.74, 6) is -0.513. The Bertz CT molecular complexity index is 737. The molecule has 0 unspecified atom stereocenters. The number of esters is 1. The van der Waals surface area contributed by atoms with Crippen molar-refractivity contribution in [2.24, 2.45) is 0 Å². The lowest BCUT2D eigenvalue weighted by atomic mass is 10.2. The molecule has 0 heterocycles. The normalized spacial score (nSPS) is 10.0. The number of para-hydroxylation sites is 1. The summed E-state index contributed by atoms with van der Waals surface area (Å²) >= 11 is 0. The van der Waals surface area contributed by atoms with E-state index in [2.05, 4.69) is 10.6 Å². The highest BCUT2D eigenvalue weighted by atomic mass is 19.1. The Morgan fingerprint density at radius 3 is 2.68 bits per heavy atom. The minimum Gasteiger partial charge on any atom is -0.492 e. The summed E-state index contributed by atoms with van der Waals surface area (Å²) in [4.78, 5) is 23.8. The fraction of sp³-hybridized carbons (Fsp3) is 0.222. The second-order valence-electron chi connectivity index (χ2n) is 4.95. The van der Waals surface area contributed by atoms with E-state index in [9.17, 15) is 14.0 Å². The summed E-state index contributed by atoms with van der Waals surface area (Å²) in [6.45, 7) is 2.34. The van der Waals surface area contributed by atoms with Gasteiger partial charge in [0.25, 0.3) is 0 Å². The number of carbonyl (C=O) groups is 2. The van der Waals surface area contributed by atoms with Crippen LogP contribution in [0.4, 0.5) is 14.9 Å². The highest BCUT2D eigenvalue weighted by Gasteiger charge is 2.13. The van der Waals surface area contributed by atoms with Crippen LogP contribution in [0, 0.1) is 5.82 Å². The summed E-state index contributed by atoms with van der Waals surface area (Å²) in [5, 5.41) is 5.18. The molecule has 25 heavy (non-hydrogen) atoms. The Hall–Kier alpha value is -3.09. The molecule has 7 heteroatoms. The van der Waals surface area contributed by atoms with E-state index < -0.39 is 17.8 Å². The van der Waals surface area contributed by atoms with Gasteiger partial charge >= 0.3 is 12.0 Å². The van der Waals surface area contributed by atoms with Crippen LogP contribution in [0.2, 0.25) is 0 Å². The van der Waals surface area contributed by atoms with Crippen molar-refractivity contribution in [1.82, 2.24) is 5.32 Å². The lowest BCUT2D eigenvalue weighted by Crippen LogP contribution is -2.32. The molecule has 0 atom stereocenters. The van der Waals surface area contributed by atoms with Gasteiger partial charge < -0.3 is 20.1 Å².